The molecule has 1 aromatic carbocycles. The Hall–Kier alpha value is -3.40. The van der Waals surface area contributed by atoms with Crippen molar-refractivity contribution in [3.05, 3.63) is 35.7 Å². The van der Waals surface area contributed by atoms with Crippen molar-refractivity contribution in [2.45, 2.75) is 0 Å². The van der Waals surface area contributed by atoms with Crippen LogP contribution < -0.4 is 16.0 Å². The fourth-order valence-corrected chi connectivity index (χ4v) is 2.85. The summed E-state index contributed by atoms with van der Waals surface area (Å²) in [6.07, 6.45) is -1.23. The summed E-state index contributed by atoms with van der Waals surface area (Å²) in [6.45, 7) is 0. The van der Waals surface area contributed by atoms with E-state index in [0.29, 0.717) is 17.1 Å². The molecule has 0 radical (unpaired) electrons. The number of aliphatic imine (C=N–C) groups is 1. The molecule has 10 heteroatoms. The highest BCUT2D eigenvalue weighted by Gasteiger charge is 2.17. The zero-order valence-corrected chi connectivity index (χ0v) is 14.8. The van der Waals surface area contributed by atoms with E-state index in [2.05, 4.69) is 30.4 Å². The number of rotatable bonds is 4. The predicted octanol–water partition coefficient (Wildman–Crippen LogP) is 2.87. The summed E-state index contributed by atoms with van der Waals surface area (Å²) in [7, 11) is 2.32. The quantitative estimate of drug-likeness (QED) is 0.429. The Morgan fingerprint density at radius 1 is 1.15 bits per heavy atom. The molecule has 2 aromatic rings. The average Bonchev–Trinajstić information content (AvgIpc) is 3.04. The molecule has 3 amide bonds. The Balaban J connectivity index is 2.44. The van der Waals surface area contributed by atoms with Crippen molar-refractivity contribution in [3.8, 4) is 11.1 Å². The van der Waals surface area contributed by atoms with E-state index in [9.17, 15) is 14.4 Å². The van der Waals surface area contributed by atoms with E-state index in [1.807, 2.05) is 35.7 Å². The highest BCUT2D eigenvalue weighted by molar-refractivity contribution is 7.15. The third-order valence-electron chi connectivity index (χ3n) is 3.09. The molecule has 1 aromatic heterocycles. The molecular formula is C16H16N4O5S. The second-order valence-corrected chi connectivity index (χ2v) is 5.53. The Labute approximate surface area is 153 Å². The van der Waals surface area contributed by atoms with Gasteiger partial charge < -0.3 is 20.1 Å². The van der Waals surface area contributed by atoms with Crippen LogP contribution in [0, 0.1) is 0 Å². The van der Waals surface area contributed by atoms with Crippen LogP contribution in [0.5, 0.6) is 0 Å². The van der Waals surface area contributed by atoms with Gasteiger partial charge in [-0.15, -0.1) is 16.3 Å². The number of benzene rings is 1. The van der Waals surface area contributed by atoms with Crippen molar-refractivity contribution in [1.82, 2.24) is 5.32 Å². The topological polar surface area (TPSA) is 118 Å². The van der Waals surface area contributed by atoms with Gasteiger partial charge in [0.25, 0.3) is 0 Å². The minimum absolute atomic E-state index is 0.215. The second-order valence-electron chi connectivity index (χ2n) is 4.65. The van der Waals surface area contributed by atoms with E-state index in [1.165, 1.54) is 18.4 Å². The SMILES string of the molecule is COC(=O)N=C(NC(=O)OC)Nc1c(-c2ccccc2)csc1NC=O. The van der Waals surface area contributed by atoms with Gasteiger partial charge in [-0.3, -0.25) is 10.1 Å². The molecule has 1 heterocycles. The van der Waals surface area contributed by atoms with Gasteiger partial charge in [-0.25, -0.2) is 9.59 Å². The van der Waals surface area contributed by atoms with Gasteiger partial charge in [0.2, 0.25) is 12.4 Å². The maximum Gasteiger partial charge on any atom is 0.436 e. The normalized spacial score (nSPS) is 10.6. The summed E-state index contributed by atoms with van der Waals surface area (Å²) in [5.41, 5.74) is 2.05. The van der Waals surface area contributed by atoms with Crippen molar-refractivity contribution in [3.63, 3.8) is 0 Å². The van der Waals surface area contributed by atoms with Crippen LogP contribution in [0.15, 0.2) is 40.7 Å². The number of guanidine groups is 1. The number of nitrogens with one attached hydrogen (secondary N) is 3. The summed E-state index contributed by atoms with van der Waals surface area (Å²) in [5, 5.41) is 9.98. The van der Waals surface area contributed by atoms with E-state index in [1.54, 1.807) is 0 Å². The van der Waals surface area contributed by atoms with Crippen LogP contribution in [0.25, 0.3) is 11.1 Å². The lowest BCUT2D eigenvalue weighted by Gasteiger charge is -2.13. The smallest absolute Gasteiger partial charge is 0.436 e. The molecule has 0 atom stereocenters. The number of carbonyl (C=O) groups excluding carboxylic acids is 3. The summed E-state index contributed by atoms with van der Waals surface area (Å²) >= 11 is 1.27. The molecule has 0 bridgehead atoms. The third kappa shape index (κ3) is 4.80. The van der Waals surface area contributed by atoms with Crippen LogP contribution in [-0.2, 0) is 14.3 Å². The van der Waals surface area contributed by atoms with Crippen molar-refractivity contribution < 1.29 is 23.9 Å². The number of amides is 3. The lowest BCUT2D eigenvalue weighted by Crippen LogP contribution is -2.36. The zero-order valence-electron chi connectivity index (χ0n) is 13.9. The highest BCUT2D eigenvalue weighted by atomic mass is 32.1. The molecule has 0 unspecified atom stereocenters. The Morgan fingerprint density at radius 2 is 1.88 bits per heavy atom. The Morgan fingerprint density at radius 3 is 2.50 bits per heavy atom. The number of ether oxygens (including phenoxy) is 2. The van der Waals surface area contributed by atoms with Gasteiger partial charge >= 0.3 is 12.2 Å². The number of hydrogen-bond donors (Lipinski definition) is 3. The molecule has 0 saturated heterocycles. The van der Waals surface area contributed by atoms with E-state index >= 15 is 0 Å². The first-order valence-corrected chi connectivity index (χ1v) is 8.12. The van der Waals surface area contributed by atoms with Crippen LogP contribution >= 0.6 is 11.3 Å². The largest absolute Gasteiger partial charge is 0.453 e. The van der Waals surface area contributed by atoms with Crippen molar-refractivity contribution >= 4 is 46.6 Å². The molecule has 9 nitrogen and oxygen atoms in total. The minimum atomic E-state index is -0.926. The first-order chi connectivity index (χ1) is 12.6. The van der Waals surface area contributed by atoms with Crippen LogP contribution in [-0.4, -0.2) is 38.8 Å². The summed E-state index contributed by atoms with van der Waals surface area (Å²) in [6, 6.07) is 9.35. The third-order valence-corrected chi connectivity index (χ3v) is 4.00. The molecule has 3 N–H and O–H groups in total. The minimum Gasteiger partial charge on any atom is -0.453 e. The zero-order chi connectivity index (χ0) is 18.9. The van der Waals surface area contributed by atoms with Gasteiger partial charge in [-0.2, -0.15) is 0 Å². The number of carbonyl (C=O) groups is 3. The number of anilines is 2. The van der Waals surface area contributed by atoms with E-state index in [4.69, 9.17) is 0 Å². The van der Waals surface area contributed by atoms with Crippen LogP contribution in [0.3, 0.4) is 0 Å². The van der Waals surface area contributed by atoms with Crippen LogP contribution in [0.4, 0.5) is 20.3 Å². The van der Waals surface area contributed by atoms with Gasteiger partial charge in [0.05, 0.1) is 19.9 Å². The lowest BCUT2D eigenvalue weighted by molar-refractivity contribution is -0.105. The van der Waals surface area contributed by atoms with Gasteiger partial charge in [-0.1, -0.05) is 30.3 Å². The summed E-state index contributed by atoms with van der Waals surface area (Å²) < 4.78 is 9.00. The Bertz CT molecular complexity index is 819. The number of hydrogen-bond acceptors (Lipinski definition) is 6. The average molecular weight is 376 g/mol. The number of alkyl carbamates (subject to hydrolysis) is 1. The maximum atomic E-state index is 11.5. The summed E-state index contributed by atoms with van der Waals surface area (Å²) in [4.78, 5) is 37.5. The highest BCUT2D eigenvalue weighted by Crippen LogP contribution is 2.40. The standard InChI is InChI=1S/C16H16N4O5S/c1-24-15(22)19-14(20-16(23)25-2)18-12-11(8-26-13(12)17-9-21)10-6-4-3-5-7-10/h3-9H,1-2H3,(H,17,21)(H2,18,19,20,22,23). The molecule has 0 aliphatic carbocycles. The maximum absolute atomic E-state index is 11.5. The molecule has 0 spiro atoms. The molecule has 136 valence electrons. The molecule has 0 fully saturated rings. The molecule has 0 aliphatic heterocycles. The van der Waals surface area contributed by atoms with Crippen LogP contribution in [0.2, 0.25) is 0 Å². The summed E-state index contributed by atoms with van der Waals surface area (Å²) in [5.74, 6) is -0.215. The molecule has 0 aliphatic rings. The molecule has 26 heavy (non-hydrogen) atoms. The van der Waals surface area contributed by atoms with Gasteiger partial charge in [0.1, 0.15) is 5.00 Å². The van der Waals surface area contributed by atoms with Crippen LogP contribution in [0.1, 0.15) is 0 Å². The van der Waals surface area contributed by atoms with Crippen molar-refractivity contribution in [2.75, 3.05) is 24.9 Å². The Kier molecular flexibility index (Phi) is 6.68. The monoisotopic (exact) mass is 376 g/mol. The fourth-order valence-electron chi connectivity index (χ4n) is 1.96. The second kappa shape index (κ2) is 9.18. The van der Waals surface area contributed by atoms with Crippen molar-refractivity contribution in [2.24, 2.45) is 4.99 Å². The number of nitrogens with zero attached hydrogens (tertiary/aromatic N) is 1. The first kappa shape index (κ1) is 18.9. The van der Waals surface area contributed by atoms with E-state index < -0.39 is 12.2 Å². The number of thiophene rings is 1. The molecule has 0 saturated carbocycles. The molecular weight excluding hydrogens is 360 g/mol. The molecule has 2 rings (SSSR count). The first-order valence-electron chi connectivity index (χ1n) is 7.24. The van der Waals surface area contributed by atoms with Gasteiger partial charge in [-0.05, 0) is 5.56 Å². The van der Waals surface area contributed by atoms with E-state index in [-0.39, 0.29) is 5.96 Å². The van der Waals surface area contributed by atoms with Crippen molar-refractivity contribution in [1.29, 1.82) is 0 Å². The fraction of sp³-hybridized carbons (Fsp3) is 0.125. The van der Waals surface area contributed by atoms with Gasteiger partial charge in [0, 0.05) is 10.9 Å². The van der Waals surface area contributed by atoms with Gasteiger partial charge in [0.15, 0.2) is 0 Å². The number of methoxy groups -OCH3 is 2. The predicted molar refractivity (Wildman–Crippen MR) is 98.4 cm³/mol. The lowest BCUT2D eigenvalue weighted by atomic mass is 10.1. The van der Waals surface area contributed by atoms with E-state index in [0.717, 1.165) is 18.2 Å².